The number of para-hydroxylation sites is 1. The van der Waals surface area contributed by atoms with Gasteiger partial charge in [-0.25, -0.2) is 14.4 Å². The number of aromatic nitrogens is 3. The lowest BCUT2D eigenvalue weighted by Gasteiger charge is -2.36. The number of carbonyl (C=O) groups is 3. The maximum atomic E-state index is 14.1. The number of hydrogen-bond donors (Lipinski definition) is 1. The minimum Gasteiger partial charge on any atom is -0.352 e. The molecule has 2 aromatic heterocycles. The van der Waals surface area contributed by atoms with Crippen molar-refractivity contribution in [3.05, 3.63) is 84.3 Å². The molecule has 1 N–H and O–H groups in total. The van der Waals surface area contributed by atoms with Crippen molar-refractivity contribution in [1.29, 1.82) is 0 Å². The molecule has 2 aliphatic heterocycles. The molecule has 2 amide bonds. The van der Waals surface area contributed by atoms with E-state index in [1.807, 2.05) is 49.1 Å². The molecule has 2 saturated heterocycles. The Morgan fingerprint density at radius 3 is 2.37 bits per heavy atom. The SMILES string of the molecule is CC[C@H](C)[C@H](CC(=O)c1cc2ccccc2[nH]1)C(=O)N1C[C@@H]2C[C@H]1CN2C(=O)c1ncc(-c2ccccc2F)cn1. The largest absolute Gasteiger partial charge is 0.352 e. The van der Waals surface area contributed by atoms with E-state index in [4.69, 9.17) is 0 Å². The second-order valence-corrected chi connectivity index (χ2v) is 11.2. The van der Waals surface area contributed by atoms with E-state index < -0.39 is 5.92 Å². The van der Waals surface area contributed by atoms with Gasteiger partial charge in [-0.1, -0.05) is 56.7 Å². The lowest BCUT2D eigenvalue weighted by molar-refractivity contribution is -0.139. The fourth-order valence-corrected chi connectivity index (χ4v) is 6.15. The maximum absolute atomic E-state index is 14.1. The number of aromatic amines is 1. The van der Waals surface area contributed by atoms with Gasteiger partial charge in [-0.15, -0.1) is 0 Å². The highest BCUT2D eigenvalue weighted by Gasteiger charge is 2.49. The van der Waals surface area contributed by atoms with Gasteiger partial charge in [0.2, 0.25) is 11.7 Å². The van der Waals surface area contributed by atoms with Gasteiger partial charge in [0, 0.05) is 59.9 Å². The van der Waals surface area contributed by atoms with Gasteiger partial charge >= 0.3 is 0 Å². The van der Waals surface area contributed by atoms with Crippen LogP contribution in [0.2, 0.25) is 0 Å². The van der Waals surface area contributed by atoms with E-state index in [9.17, 15) is 18.8 Å². The average molecular weight is 554 g/mol. The Morgan fingerprint density at radius 1 is 1.00 bits per heavy atom. The molecule has 4 aromatic rings. The molecule has 2 aromatic carbocycles. The number of rotatable bonds is 8. The summed E-state index contributed by atoms with van der Waals surface area (Å²) in [5.41, 5.74) is 2.29. The van der Waals surface area contributed by atoms with Crippen LogP contribution in [-0.2, 0) is 4.79 Å². The molecule has 0 unspecified atom stereocenters. The summed E-state index contributed by atoms with van der Waals surface area (Å²) < 4.78 is 14.1. The first kappa shape index (κ1) is 26.8. The van der Waals surface area contributed by atoms with E-state index in [1.54, 1.807) is 23.1 Å². The predicted octanol–water partition coefficient (Wildman–Crippen LogP) is 5.12. The molecule has 2 bridgehead atoms. The minimum absolute atomic E-state index is 0.0195. The lowest BCUT2D eigenvalue weighted by atomic mass is 9.85. The summed E-state index contributed by atoms with van der Waals surface area (Å²) in [6.45, 7) is 4.88. The molecule has 4 heterocycles. The van der Waals surface area contributed by atoms with Crippen molar-refractivity contribution in [2.24, 2.45) is 11.8 Å². The molecule has 0 aliphatic carbocycles. The normalized spacial score (nSPS) is 19.5. The third kappa shape index (κ3) is 5.01. The Bertz CT molecular complexity index is 1580. The van der Waals surface area contributed by atoms with Crippen molar-refractivity contribution in [2.45, 2.75) is 45.2 Å². The summed E-state index contributed by atoms with van der Waals surface area (Å²) in [6.07, 6.45) is 4.53. The van der Waals surface area contributed by atoms with E-state index in [0.717, 1.165) is 17.3 Å². The Kier molecular flexibility index (Phi) is 7.11. The van der Waals surface area contributed by atoms with Crippen LogP contribution in [0.5, 0.6) is 0 Å². The number of nitrogens with one attached hydrogen (secondary N) is 1. The van der Waals surface area contributed by atoms with Crippen molar-refractivity contribution in [3.63, 3.8) is 0 Å². The van der Waals surface area contributed by atoms with E-state index in [0.29, 0.717) is 36.3 Å². The molecule has 4 atom stereocenters. The van der Waals surface area contributed by atoms with Crippen LogP contribution in [0, 0.1) is 17.7 Å². The van der Waals surface area contributed by atoms with Crippen LogP contribution in [-0.4, -0.2) is 67.5 Å². The summed E-state index contributed by atoms with van der Waals surface area (Å²) >= 11 is 0. The standard InChI is InChI=1S/C32H32FN5O3/c1-3-19(2)25(14-29(39)28-12-20-8-4-7-11-27(20)36-28)31(40)37-17-23-13-22(37)18-38(23)32(41)30-34-15-21(16-35-30)24-9-5-6-10-26(24)33/h4-12,15-16,19,22-23,25,36H,3,13-14,17-18H2,1-2H3/t19-,22-,23-,25-/m0/s1. The zero-order chi connectivity index (χ0) is 28.7. The number of hydrogen-bond acceptors (Lipinski definition) is 5. The van der Waals surface area contributed by atoms with Gasteiger partial charge in [0.1, 0.15) is 5.82 Å². The van der Waals surface area contributed by atoms with Crippen molar-refractivity contribution >= 4 is 28.5 Å². The van der Waals surface area contributed by atoms with Crippen molar-refractivity contribution in [3.8, 4) is 11.1 Å². The van der Waals surface area contributed by atoms with Crippen LogP contribution in [0.15, 0.2) is 67.0 Å². The molecule has 0 spiro atoms. The molecule has 0 radical (unpaired) electrons. The lowest BCUT2D eigenvalue weighted by Crippen LogP contribution is -2.53. The molecule has 2 fully saturated rings. The Morgan fingerprint density at radius 2 is 1.68 bits per heavy atom. The summed E-state index contributed by atoms with van der Waals surface area (Å²) in [7, 11) is 0. The monoisotopic (exact) mass is 553 g/mol. The van der Waals surface area contributed by atoms with Crippen LogP contribution < -0.4 is 0 Å². The highest BCUT2D eigenvalue weighted by Crippen LogP contribution is 2.35. The van der Waals surface area contributed by atoms with Crippen LogP contribution in [0.1, 0.15) is 54.2 Å². The number of amides is 2. The van der Waals surface area contributed by atoms with E-state index in [-0.39, 0.29) is 53.7 Å². The molecule has 210 valence electrons. The summed E-state index contributed by atoms with van der Waals surface area (Å²) in [5.74, 6) is -1.11. The summed E-state index contributed by atoms with van der Waals surface area (Å²) in [5, 5.41) is 0.967. The number of ketones is 1. The number of carbonyl (C=O) groups excluding carboxylic acids is 3. The summed E-state index contributed by atoms with van der Waals surface area (Å²) in [4.78, 5) is 55.6. The number of likely N-dealkylation sites (tertiary alicyclic amines) is 2. The first-order chi connectivity index (χ1) is 19.8. The molecule has 9 heteroatoms. The fourth-order valence-electron chi connectivity index (χ4n) is 6.15. The number of piperazine rings is 1. The van der Waals surface area contributed by atoms with Crippen molar-refractivity contribution in [2.75, 3.05) is 13.1 Å². The zero-order valence-corrected chi connectivity index (χ0v) is 23.1. The first-order valence-electron chi connectivity index (χ1n) is 14.1. The third-order valence-corrected chi connectivity index (χ3v) is 8.70. The number of halogens is 1. The molecule has 2 aliphatic rings. The first-order valence-corrected chi connectivity index (χ1v) is 14.1. The number of fused-ring (bicyclic) bond motifs is 3. The molecule has 41 heavy (non-hydrogen) atoms. The molecule has 8 nitrogen and oxygen atoms in total. The molecular formula is C32H32FN5O3. The van der Waals surface area contributed by atoms with Gasteiger partial charge in [-0.05, 0) is 30.5 Å². The highest BCUT2D eigenvalue weighted by atomic mass is 19.1. The van der Waals surface area contributed by atoms with E-state index >= 15 is 0 Å². The second-order valence-electron chi connectivity index (χ2n) is 11.2. The second kappa shape index (κ2) is 10.9. The number of H-pyrrole nitrogens is 1. The Labute approximate surface area is 237 Å². The Hall–Kier alpha value is -4.40. The van der Waals surface area contributed by atoms with Crippen LogP contribution in [0.25, 0.3) is 22.0 Å². The predicted molar refractivity (Wildman–Crippen MR) is 153 cm³/mol. The fraction of sp³-hybridized carbons (Fsp3) is 0.344. The Balaban J connectivity index is 1.12. The zero-order valence-electron chi connectivity index (χ0n) is 23.1. The van der Waals surface area contributed by atoms with Gasteiger partial charge in [0.05, 0.1) is 17.8 Å². The average Bonchev–Trinajstić information content (AvgIpc) is 3.74. The van der Waals surface area contributed by atoms with Gasteiger partial charge in [-0.3, -0.25) is 14.4 Å². The van der Waals surface area contributed by atoms with Crippen LogP contribution >= 0.6 is 0 Å². The number of nitrogens with zero attached hydrogens (tertiary/aromatic N) is 4. The van der Waals surface area contributed by atoms with Gasteiger partial charge in [0.15, 0.2) is 5.78 Å². The van der Waals surface area contributed by atoms with E-state index in [2.05, 4.69) is 15.0 Å². The number of benzene rings is 2. The van der Waals surface area contributed by atoms with Gasteiger partial charge in [0.25, 0.3) is 5.91 Å². The van der Waals surface area contributed by atoms with E-state index in [1.165, 1.54) is 18.5 Å². The molecule has 6 rings (SSSR count). The number of Topliss-reactive ketones (excluding diaryl/α,β-unsaturated/α-hetero) is 1. The highest BCUT2D eigenvalue weighted by molar-refractivity contribution is 6.01. The van der Waals surface area contributed by atoms with Crippen molar-refractivity contribution < 1.29 is 18.8 Å². The smallest absolute Gasteiger partial charge is 0.292 e. The van der Waals surface area contributed by atoms with Crippen LogP contribution in [0.4, 0.5) is 4.39 Å². The van der Waals surface area contributed by atoms with Crippen LogP contribution in [0.3, 0.4) is 0 Å². The quantitative estimate of drug-likeness (QED) is 0.305. The van der Waals surface area contributed by atoms with Crippen molar-refractivity contribution in [1.82, 2.24) is 24.8 Å². The topological polar surface area (TPSA) is 99.3 Å². The molecular weight excluding hydrogens is 521 g/mol. The minimum atomic E-state index is -0.434. The maximum Gasteiger partial charge on any atom is 0.292 e. The third-order valence-electron chi connectivity index (χ3n) is 8.70. The van der Waals surface area contributed by atoms with Gasteiger partial charge < -0.3 is 14.8 Å². The van der Waals surface area contributed by atoms with Gasteiger partial charge in [-0.2, -0.15) is 0 Å². The molecule has 0 saturated carbocycles. The summed E-state index contributed by atoms with van der Waals surface area (Å²) in [6, 6.07) is 15.7.